The van der Waals surface area contributed by atoms with E-state index in [1.165, 1.54) is 17.2 Å². The predicted octanol–water partition coefficient (Wildman–Crippen LogP) is -1.57. The van der Waals surface area contributed by atoms with Crippen LogP contribution in [0.25, 0.3) is 11.2 Å². The smallest absolute Gasteiger partial charge is 0.167 e. The largest absolute Gasteiger partial charge is 0.391 e. The summed E-state index contributed by atoms with van der Waals surface area (Å²) in [6.45, 7) is 1.75. The summed E-state index contributed by atoms with van der Waals surface area (Å²) < 4.78 is 12.4. The standard InChI is InChI=1S/C13H19N5O5/c1-6(19)2-22-3-7-9(20)10(21)13(23-7)18-5-17-8-11(14)15-4-16-12(8)18/h4-7,9-10,13,19-21H,2-3H2,1H3,(H2,14,15,16)/t6-,7+,9+,10+,13+/m0/s1. The molecular weight excluding hydrogens is 306 g/mol. The number of anilines is 1. The van der Waals surface area contributed by atoms with E-state index in [0.29, 0.717) is 11.2 Å². The lowest BCUT2D eigenvalue weighted by molar-refractivity contribution is -0.0742. The Morgan fingerprint density at radius 3 is 2.87 bits per heavy atom. The van der Waals surface area contributed by atoms with Crippen LogP contribution in [-0.4, -0.2) is 72.5 Å². The normalized spacial score (nSPS) is 29.2. The van der Waals surface area contributed by atoms with Crippen molar-refractivity contribution in [2.24, 2.45) is 0 Å². The highest BCUT2D eigenvalue weighted by Gasteiger charge is 2.44. The van der Waals surface area contributed by atoms with Crippen molar-refractivity contribution in [3.8, 4) is 0 Å². The summed E-state index contributed by atoms with van der Waals surface area (Å²) in [5, 5.41) is 29.5. The number of nitrogen functional groups attached to an aromatic ring is 1. The van der Waals surface area contributed by atoms with Crippen LogP contribution in [0.2, 0.25) is 0 Å². The van der Waals surface area contributed by atoms with Gasteiger partial charge in [0.15, 0.2) is 17.7 Å². The van der Waals surface area contributed by atoms with Crippen molar-refractivity contribution < 1.29 is 24.8 Å². The first-order chi connectivity index (χ1) is 11.0. The van der Waals surface area contributed by atoms with Gasteiger partial charge in [0.25, 0.3) is 0 Å². The van der Waals surface area contributed by atoms with Crippen molar-refractivity contribution in [2.75, 3.05) is 18.9 Å². The van der Waals surface area contributed by atoms with Crippen LogP contribution in [0.15, 0.2) is 12.7 Å². The number of aliphatic hydroxyl groups is 3. The van der Waals surface area contributed by atoms with Gasteiger partial charge in [0.2, 0.25) is 0 Å². The lowest BCUT2D eigenvalue weighted by Crippen LogP contribution is -2.34. The maximum absolute atomic E-state index is 10.2. The molecule has 0 bridgehead atoms. The number of ether oxygens (including phenoxy) is 2. The molecule has 2 aromatic heterocycles. The Labute approximate surface area is 131 Å². The molecule has 2 aromatic rings. The molecule has 1 aliphatic rings. The first kappa shape index (κ1) is 16.0. The molecule has 5 N–H and O–H groups in total. The fourth-order valence-corrected chi connectivity index (χ4v) is 2.51. The zero-order valence-electron chi connectivity index (χ0n) is 12.5. The van der Waals surface area contributed by atoms with Gasteiger partial charge in [0, 0.05) is 0 Å². The molecule has 126 valence electrons. The lowest BCUT2D eigenvalue weighted by atomic mass is 10.1. The Hall–Kier alpha value is -1.85. The van der Waals surface area contributed by atoms with Crippen molar-refractivity contribution >= 4 is 17.0 Å². The van der Waals surface area contributed by atoms with Gasteiger partial charge in [0.05, 0.1) is 25.6 Å². The van der Waals surface area contributed by atoms with Crippen molar-refractivity contribution in [1.82, 2.24) is 19.5 Å². The lowest BCUT2D eigenvalue weighted by Gasteiger charge is -2.16. The molecule has 10 nitrogen and oxygen atoms in total. The third-order valence-corrected chi connectivity index (χ3v) is 3.64. The Kier molecular flexibility index (Phi) is 4.41. The van der Waals surface area contributed by atoms with Gasteiger partial charge in [-0.2, -0.15) is 0 Å². The molecule has 0 spiro atoms. The summed E-state index contributed by atoms with van der Waals surface area (Å²) in [5.41, 5.74) is 6.53. The highest BCUT2D eigenvalue weighted by molar-refractivity contribution is 5.81. The summed E-state index contributed by atoms with van der Waals surface area (Å²) in [4.78, 5) is 12.0. The second kappa shape index (κ2) is 6.34. The molecule has 10 heteroatoms. The molecule has 0 aromatic carbocycles. The number of hydrogen-bond acceptors (Lipinski definition) is 9. The van der Waals surface area contributed by atoms with Gasteiger partial charge in [-0.1, -0.05) is 0 Å². The van der Waals surface area contributed by atoms with Crippen molar-refractivity contribution in [2.45, 2.75) is 37.6 Å². The van der Waals surface area contributed by atoms with E-state index in [2.05, 4.69) is 15.0 Å². The molecular formula is C13H19N5O5. The van der Waals surface area contributed by atoms with E-state index in [9.17, 15) is 15.3 Å². The van der Waals surface area contributed by atoms with Gasteiger partial charge in [0.1, 0.15) is 30.2 Å². The van der Waals surface area contributed by atoms with E-state index in [1.54, 1.807) is 6.92 Å². The van der Waals surface area contributed by atoms with Crippen LogP contribution in [0.1, 0.15) is 13.2 Å². The molecule has 3 rings (SSSR count). The van der Waals surface area contributed by atoms with E-state index >= 15 is 0 Å². The van der Waals surface area contributed by atoms with Gasteiger partial charge >= 0.3 is 0 Å². The summed E-state index contributed by atoms with van der Waals surface area (Å²) in [7, 11) is 0. The number of rotatable bonds is 5. The van der Waals surface area contributed by atoms with Gasteiger partial charge < -0.3 is 30.5 Å². The van der Waals surface area contributed by atoms with E-state index in [4.69, 9.17) is 15.2 Å². The van der Waals surface area contributed by atoms with Crippen LogP contribution in [0.3, 0.4) is 0 Å². The monoisotopic (exact) mass is 325 g/mol. The number of aromatic nitrogens is 4. The van der Waals surface area contributed by atoms with Crippen LogP contribution in [0, 0.1) is 0 Å². The van der Waals surface area contributed by atoms with Crippen molar-refractivity contribution in [3.63, 3.8) is 0 Å². The zero-order chi connectivity index (χ0) is 16.6. The maximum Gasteiger partial charge on any atom is 0.167 e. The average molecular weight is 325 g/mol. The number of nitrogens with two attached hydrogens (primary N) is 1. The number of hydrogen-bond donors (Lipinski definition) is 4. The highest BCUT2D eigenvalue weighted by Crippen LogP contribution is 2.32. The zero-order valence-corrected chi connectivity index (χ0v) is 12.5. The van der Waals surface area contributed by atoms with Gasteiger partial charge in [-0.3, -0.25) is 4.57 Å². The molecule has 1 saturated heterocycles. The molecule has 1 fully saturated rings. The van der Waals surface area contributed by atoms with Crippen molar-refractivity contribution in [1.29, 1.82) is 0 Å². The molecule has 0 radical (unpaired) electrons. The molecule has 1 aliphatic heterocycles. The van der Waals surface area contributed by atoms with Gasteiger partial charge in [-0.05, 0) is 6.92 Å². The maximum atomic E-state index is 10.2. The first-order valence-corrected chi connectivity index (χ1v) is 7.19. The highest BCUT2D eigenvalue weighted by atomic mass is 16.6. The van der Waals surface area contributed by atoms with Crippen LogP contribution < -0.4 is 5.73 Å². The Morgan fingerprint density at radius 2 is 2.13 bits per heavy atom. The number of nitrogens with zero attached hydrogens (tertiary/aromatic N) is 4. The number of imidazole rings is 1. The molecule has 0 amide bonds. The summed E-state index contributed by atoms with van der Waals surface area (Å²) >= 11 is 0. The quantitative estimate of drug-likeness (QED) is 0.511. The Bertz CT molecular complexity index is 678. The third-order valence-electron chi connectivity index (χ3n) is 3.64. The molecule has 23 heavy (non-hydrogen) atoms. The van der Waals surface area contributed by atoms with E-state index in [0.717, 1.165) is 0 Å². The van der Waals surface area contributed by atoms with Crippen LogP contribution >= 0.6 is 0 Å². The minimum absolute atomic E-state index is 0.0450. The first-order valence-electron chi connectivity index (χ1n) is 7.19. The minimum atomic E-state index is -1.18. The molecule has 0 aliphatic carbocycles. The predicted molar refractivity (Wildman–Crippen MR) is 78.2 cm³/mol. The fraction of sp³-hybridized carbons (Fsp3) is 0.615. The second-order valence-corrected chi connectivity index (χ2v) is 5.52. The van der Waals surface area contributed by atoms with Crippen LogP contribution in [0.4, 0.5) is 5.82 Å². The van der Waals surface area contributed by atoms with Gasteiger partial charge in [-0.25, -0.2) is 15.0 Å². The SMILES string of the molecule is C[C@H](O)COC[C@H]1O[C@@H](n2cnc3c(N)ncnc32)[C@H](O)[C@@H]1O. The van der Waals surface area contributed by atoms with E-state index < -0.39 is 30.6 Å². The second-order valence-electron chi connectivity index (χ2n) is 5.52. The molecule has 0 saturated carbocycles. The van der Waals surface area contributed by atoms with Crippen molar-refractivity contribution in [3.05, 3.63) is 12.7 Å². The number of fused-ring (bicyclic) bond motifs is 1. The van der Waals surface area contributed by atoms with Crippen LogP contribution in [0.5, 0.6) is 0 Å². The van der Waals surface area contributed by atoms with E-state index in [-0.39, 0.29) is 19.0 Å². The topological polar surface area (TPSA) is 149 Å². The van der Waals surface area contributed by atoms with Gasteiger partial charge in [-0.15, -0.1) is 0 Å². The molecule has 5 atom stereocenters. The third kappa shape index (κ3) is 2.99. The minimum Gasteiger partial charge on any atom is -0.391 e. The number of aliphatic hydroxyl groups excluding tert-OH is 3. The van der Waals surface area contributed by atoms with Crippen LogP contribution in [-0.2, 0) is 9.47 Å². The Morgan fingerprint density at radius 1 is 1.35 bits per heavy atom. The fourth-order valence-electron chi connectivity index (χ4n) is 2.51. The van der Waals surface area contributed by atoms with E-state index in [1.807, 2.05) is 0 Å². The molecule has 0 unspecified atom stereocenters. The molecule has 3 heterocycles. The summed E-state index contributed by atoms with van der Waals surface area (Å²) in [6.07, 6.45) is -1.82. The average Bonchev–Trinajstić information content (AvgIpc) is 3.04. The summed E-state index contributed by atoms with van der Waals surface area (Å²) in [6, 6.07) is 0. The Balaban J connectivity index is 1.78. The summed E-state index contributed by atoms with van der Waals surface area (Å²) in [5.74, 6) is 0.221.